The van der Waals surface area contributed by atoms with Gasteiger partial charge in [-0.2, -0.15) is 0 Å². The van der Waals surface area contributed by atoms with Crippen LogP contribution in [0.1, 0.15) is 37.2 Å². The fourth-order valence-electron chi connectivity index (χ4n) is 3.75. The van der Waals surface area contributed by atoms with Crippen LogP contribution in [0.5, 0.6) is 5.75 Å². The van der Waals surface area contributed by atoms with Crippen LogP contribution in [0.2, 0.25) is 0 Å². The number of quaternary nitrogens is 1. The highest BCUT2D eigenvalue weighted by molar-refractivity contribution is 6.13. The first-order chi connectivity index (χ1) is 13.0. The molecule has 1 aromatic carbocycles. The van der Waals surface area contributed by atoms with E-state index in [2.05, 4.69) is 17.2 Å². The Hall–Kier alpha value is -2.54. The van der Waals surface area contributed by atoms with Crippen LogP contribution in [0.15, 0.2) is 18.2 Å². The number of hydrogen-bond donors (Lipinski definition) is 3. The highest BCUT2D eigenvalue weighted by Crippen LogP contribution is 2.35. The van der Waals surface area contributed by atoms with Crippen molar-refractivity contribution in [3.8, 4) is 5.75 Å². The number of anilines is 1. The van der Waals surface area contributed by atoms with Crippen molar-refractivity contribution in [3.05, 3.63) is 23.9 Å². The molecule has 2 heterocycles. The predicted octanol–water partition coefficient (Wildman–Crippen LogP) is 1.60. The van der Waals surface area contributed by atoms with Gasteiger partial charge in [-0.3, -0.25) is 4.79 Å². The number of methoxy groups -OCH3 is 2. The molecule has 2 aromatic rings. The number of likely N-dealkylation sites (tertiary alicyclic amines) is 1. The van der Waals surface area contributed by atoms with Crippen LogP contribution < -0.4 is 15.0 Å². The number of hydrogen-bond acceptors (Lipinski definition) is 4. The number of fused-ring (bicyclic) bond motifs is 1. The van der Waals surface area contributed by atoms with Crippen molar-refractivity contribution >= 4 is 28.5 Å². The van der Waals surface area contributed by atoms with Crippen LogP contribution in [0, 0.1) is 5.92 Å². The maximum atomic E-state index is 13.0. The molecule has 0 unspecified atom stereocenters. The molecule has 27 heavy (non-hydrogen) atoms. The quantitative estimate of drug-likeness (QED) is 0.694. The van der Waals surface area contributed by atoms with Crippen LogP contribution in [-0.4, -0.2) is 50.2 Å². The molecule has 1 saturated heterocycles. The smallest absolute Gasteiger partial charge is 0.356 e. The molecule has 1 atom stereocenters. The maximum Gasteiger partial charge on any atom is 0.356 e. The molecular formula is C20H28N3O4+. The summed E-state index contributed by atoms with van der Waals surface area (Å²) in [5, 5.41) is 3.63. The van der Waals surface area contributed by atoms with Gasteiger partial charge in [0, 0.05) is 0 Å². The Morgan fingerprint density at radius 3 is 2.59 bits per heavy atom. The third-order valence-corrected chi connectivity index (χ3v) is 5.57. The van der Waals surface area contributed by atoms with Gasteiger partial charge in [-0.05, 0) is 37.8 Å². The number of ether oxygens (including phenoxy) is 2. The third-order valence-electron chi connectivity index (χ3n) is 5.57. The van der Waals surface area contributed by atoms with Crippen LogP contribution >= 0.6 is 0 Å². The summed E-state index contributed by atoms with van der Waals surface area (Å²) in [6, 6.07) is 5.25. The van der Waals surface area contributed by atoms with Gasteiger partial charge in [-0.25, -0.2) is 4.79 Å². The van der Waals surface area contributed by atoms with E-state index in [-0.39, 0.29) is 17.6 Å². The Bertz CT molecular complexity index is 837. The largest absolute Gasteiger partial charge is 0.496 e. The van der Waals surface area contributed by atoms with Crippen molar-refractivity contribution in [1.82, 2.24) is 4.98 Å². The Labute approximate surface area is 159 Å². The molecule has 0 aliphatic carbocycles. The summed E-state index contributed by atoms with van der Waals surface area (Å²) < 4.78 is 10.3. The molecule has 7 heteroatoms. The lowest BCUT2D eigenvalue weighted by Gasteiger charge is -2.31. The number of amides is 1. The SMILES string of the molecule is COC(=O)c1[nH]c2cccc(OC)c2c1NC(=O)[C@H](C)[NH+]1CCC(C)CC1. The van der Waals surface area contributed by atoms with E-state index in [4.69, 9.17) is 9.47 Å². The fraction of sp³-hybridized carbons (Fsp3) is 0.500. The van der Waals surface area contributed by atoms with E-state index in [9.17, 15) is 9.59 Å². The highest BCUT2D eigenvalue weighted by Gasteiger charge is 2.31. The average molecular weight is 374 g/mol. The van der Waals surface area contributed by atoms with Gasteiger partial charge < -0.3 is 24.7 Å². The van der Waals surface area contributed by atoms with E-state index in [1.54, 1.807) is 13.2 Å². The number of aromatic amines is 1. The van der Waals surface area contributed by atoms with Crippen molar-refractivity contribution in [2.24, 2.45) is 5.92 Å². The summed E-state index contributed by atoms with van der Waals surface area (Å²) in [5.41, 5.74) is 1.34. The van der Waals surface area contributed by atoms with Crippen molar-refractivity contribution in [2.45, 2.75) is 32.7 Å². The first-order valence-electron chi connectivity index (χ1n) is 9.38. The van der Waals surface area contributed by atoms with Gasteiger partial charge in [-0.15, -0.1) is 0 Å². The number of rotatable bonds is 5. The van der Waals surface area contributed by atoms with E-state index >= 15 is 0 Å². The zero-order chi connectivity index (χ0) is 19.6. The van der Waals surface area contributed by atoms with Crippen molar-refractivity contribution in [2.75, 3.05) is 32.6 Å². The second kappa shape index (κ2) is 8.00. The Morgan fingerprint density at radius 1 is 1.26 bits per heavy atom. The summed E-state index contributed by atoms with van der Waals surface area (Å²) in [6.45, 7) is 6.15. The van der Waals surface area contributed by atoms with Gasteiger partial charge in [0.1, 0.15) is 11.4 Å². The van der Waals surface area contributed by atoms with Gasteiger partial charge in [0.05, 0.1) is 43.9 Å². The molecule has 3 rings (SSSR count). The molecule has 0 radical (unpaired) electrons. The minimum Gasteiger partial charge on any atom is -0.496 e. The molecule has 0 spiro atoms. The monoisotopic (exact) mass is 374 g/mol. The topological polar surface area (TPSA) is 84.9 Å². The first kappa shape index (κ1) is 19.2. The summed E-state index contributed by atoms with van der Waals surface area (Å²) in [5.74, 6) is 0.653. The van der Waals surface area contributed by atoms with E-state index in [0.29, 0.717) is 28.3 Å². The Kier molecular flexibility index (Phi) is 5.70. The van der Waals surface area contributed by atoms with Crippen molar-refractivity contribution in [1.29, 1.82) is 0 Å². The molecule has 146 valence electrons. The lowest BCUT2D eigenvalue weighted by Crippen LogP contribution is -3.17. The van der Waals surface area contributed by atoms with Crippen molar-refractivity contribution < 1.29 is 24.0 Å². The predicted molar refractivity (Wildman–Crippen MR) is 103 cm³/mol. The van der Waals surface area contributed by atoms with Crippen LogP contribution in [-0.2, 0) is 9.53 Å². The molecule has 0 saturated carbocycles. The van der Waals surface area contributed by atoms with Gasteiger partial charge in [-0.1, -0.05) is 13.0 Å². The number of esters is 1. The van der Waals surface area contributed by atoms with Crippen LogP contribution in [0.25, 0.3) is 10.9 Å². The number of carbonyl (C=O) groups excluding carboxylic acids is 2. The van der Waals surface area contributed by atoms with Gasteiger partial charge in [0.15, 0.2) is 6.04 Å². The molecule has 1 fully saturated rings. The van der Waals surface area contributed by atoms with E-state index in [0.717, 1.165) is 25.9 Å². The van der Waals surface area contributed by atoms with Gasteiger partial charge in [0.25, 0.3) is 5.91 Å². The minimum absolute atomic E-state index is 0.114. The first-order valence-corrected chi connectivity index (χ1v) is 9.38. The standard InChI is InChI=1S/C20H27N3O4/c1-12-8-10-23(11-9-12)13(2)19(24)22-17-16-14(6-5-7-15(16)26-3)21-18(17)20(25)27-4/h5-7,12-13,21H,8-11H2,1-4H3,(H,22,24)/p+1/t13-/m0/s1. The maximum absolute atomic E-state index is 13.0. The molecule has 1 aliphatic rings. The van der Waals surface area contributed by atoms with Crippen LogP contribution in [0.3, 0.4) is 0 Å². The molecular weight excluding hydrogens is 346 g/mol. The molecule has 0 bridgehead atoms. The lowest BCUT2D eigenvalue weighted by molar-refractivity contribution is -0.919. The Morgan fingerprint density at radius 2 is 1.96 bits per heavy atom. The summed E-state index contributed by atoms with van der Waals surface area (Å²) in [6.07, 6.45) is 2.25. The molecule has 1 amide bonds. The number of benzene rings is 1. The molecule has 1 aliphatic heterocycles. The zero-order valence-corrected chi connectivity index (χ0v) is 16.3. The minimum atomic E-state index is -0.532. The van der Waals surface area contributed by atoms with Crippen LogP contribution in [0.4, 0.5) is 5.69 Å². The van der Waals surface area contributed by atoms with E-state index in [1.807, 2.05) is 19.1 Å². The number of piperidine rings is 1. The normalized spacial score (nSPS) is 20.9. The lowest BCUT2D eigenvalue weighted by atomic mass is 9.98. The molecule has 1 aromatic heterocycles. The van der Waals surface area contributed by atoms with Gasteiger partial charge >= 0.3 is 5.97 Å². The zero-order valence-electron chi connectivity index (χ0n) is 16.3. The molecule has 7 nitrogen and oxygen atoms in total. The number of nitrogens with one attached hydrogen (secondary N) is 3. The summed E-state index contributed by atoms with van der Waals surface area (Å²) in [4.78, 5) is 29.5. The number of aromatic nitrogens is 1. The van der Waals surface area contributed by atoms with E-state index in [1.165, 1.54) is 12.0 Å². The fourth-order valence-corrected chi connectivity index (χ4v) is 3.75. The highest BCUT2D eigenvalue weighted by atomic mass is 16.5. The average Bonchev–Trinajstić information content (AvgIpc) is 3.05. The number of H-pyrrole nitrogens is 1. The number of carbonyl (C=O) groups is 2. The Balaban J connectivity index is 1.92. The summed E-state index contributed by atoms with van der Waals surface area (Å²) in [7, 11) is 2.88. The second-order valence-corrected chi connectivity index (χ2v) is 7.30. The van der Waals surface area contributed by atoms with Crippen molar-refractivity contribution in [3.63, 3.8) is 0 Å². The second-order valence-electron chi connectivity index (χ2n) is 7.30. The van der Waals surface area contributed by atoms with Gasteiger partial charge in [0.2, 0.25) is 0 Å². The third kappa shape index (κ3) is 3.78. The van der Waals surface area contributed by atoms with E-state index < -0.39 is 5.97 Å². The molecule has 3 N–H and O–H groups in total. The summed E-state index contributed by atoms with van der Waals surface area (Å²) >= 11 is 0.